The molecule has 1 heterocycles. The lowest BCUT2D eigenvalue weighted by Gasteiger charge is -2.30. The number of likely N-dealkylation sites (tertiary alicyclic amines) is 1. The topological polar surface area (TPSA) is 66.8 Å². The van der Waals surface area contributed by atoms with Crippen molar-refractivity contribution >= 4 is 11.9 Å². The first-order valence-corrected chi connectivity index (χ1v) is 8.73. The number of aryl methyl sites for hydroxylation is 1. The lowest BCUT2D eigenvalue weighted by atomic mass is 9.98. The fourth-order valence-corrected chi connectivity index (χ4v) is 3.14. The van der Waals surface area contributed by atoms with Gasteiger partial charge in [-0.2, -0.15) is 0 Å². The molecule has 1 aromatic carbocycles. The van der Waals surface area contributed by atoms with Gasteiger partial charge in [0.2, 0.25) is 5.91 Å². The third-order valence-corrected chi connectivity index (χ3v) is 4.64. The average Bonchev–Trinajstić information content (AvgIpc) is 2.62. The summed E-state index contributed by atoms with van der Waals surface area (Å²) in [4.78, 5) is 25.0. The van der Waals surface area contributed by atoms with E-state index < -0.39 is 11.9 Å². The molecule has 0 unspecified atom stereocenters. The Labute approximate surface area is 143 Å². The van der Waals surface area contributed by atoms with E-state index in [0.717, 1.165) is 37.9 Å². The number of benzene rings is 1. The highest BCUT2D eigenvalue weighted by Gasteiger charge is 2.27. The average molecular weight is 333 g/mol. The minimum atomic E-state index is -0.785. The van der Waals surface area contributed by atoms with E-state index in [1.807, 2.05) is 12.1 Å². The number of aliphatic carboxylic acids is 1. The lowest BCUT2D eigenvalue weighted by Crippen LogP contribution is -2.42. The molecule has 1 atom stereocenters. The molecular weight excluding hydrogens is 306 g/mol. The predicted octanol–water partition coefficient (Wildman–Crippen LogP) is 3.12. The standard InChI is InChI=1S/C19H27NO4/c1-24-17-11-9-15(10-12-17)6-3-2-4-8-18(21)20-13-5-7-16(14-20)19(22)23/h9-12,16H,2-8,13-14H2,1H3,(H,22,23)/t16-/m0/s1. The summed E-state index contributed by atoms with van der Waals surface area (Å²) in [6.45, 7) is 1.08. The van der Waals surface area contributed by atoms with Crippen LogP contribution in [0.2, 0.25) is 0 Å². The van der Waals surface area contributed by atoms with Crippen molar-refractivity contribution in [1.82, 2.24) is 4.90 Å². The molecule has 0 bridgehead atoms. The van der Waals surface area contributed by atoms with Gasteiger partial charge >= 0.3 is 5.97 Å². The van der Waals surface area contributed by atoms with Gasteiger partial charge in [-0.25, -0.2) is 0 Å². The van der Waals surface area contributed by atoms with E-state index in [4.69, 9.17) is 9.84 Å². The van der Waals surface area contributed by atoms with Crippen molar-refractivity contribution in [3.05, 3.63) is 29.8 Å². The summed E-state index contributed by atoms with van der Waals surface area (Å²) in [7, 11) is 1.66. The highest BCUT2D eigenvalue weighted by atomic mass is 16.5. The summed E-state index contributed by atoms with van der Waals surface area (Å²) in [6, 6.07) is 8.08. The van der Waals surface area contributed by atoms with Crippen LogP contribution in [0.5, 0.6) is 5.75 Å². The molecule has 0 aliphatic carbocycles. The summed E-state index contributed by atoms with van der Waals surface area (Å²) >= 11 is 0. The Morgan fingerprint density at radius 3 is 2.62 bits per heavy atom. The number of amides is 1. The Hall–Kier alpha value is -2.04. The van der Waals surface area contributed by atoms with E-state index in [1.54, 1.807) is 12.0 Å². The zero-order valence-electron chi connectivity index (χ0n) is 14.4. The molecule has 1 saturated heterocycles. The zero-order valence-corrected chi connectivity index (χ0v) is 14.4. The number of hydrogen-bond acceptors (Lipinski definition) is 3. The summed E-state index contributed by atoms with van der Waals surface area (Å²) in [6.07, 6.45) is 5.92. The molecular formula is C19H27NO4. The normalized spacial score (nSPS) is 17.5. The zero-order chi connectivity index (χ0) is 17.4. The van der Waals surface area contributed by atoms with Gasteiger partial charge in [0.1, 0.15) is 5.75 Å². The molecule has 5 heteroatoms. The molecule has 132 valence electrons. The lowest BCUT2D eigenvalue weighted by molar-refractivity contribution is -0.145. The maximum Gasteiger partial charge on any atom is 0.308 e. The Kier molecular flexibility index (Phi) is 7.09. The van der Waals surface area contributed by atoms with Crippen LogP contribution < -0.4 is 4.74 Å². The summed E-state index contributed by atoms with van der Waals surface area (Å²) < 4.78 is 5.14. The van der Waals surface area contributed by atoms with Crippen LogP contribution in [0.4, 0.5) is 0 Å². The second-order valence-corrected chi connectivity index (χ2v) is 6.43. The molecule has 1 aliphatic rings. The van der Waals surface area contributed by atoms with Crippen LogP contribution in [0, 0.1) is 5.92 Å². The molecule has 5 nitrogen and oxygen atoms in total. The van der Waals surface area contributed by atoms with Gasteiger partial charge in [0.25, 0.3) is 0 Å². The highest BCUT2D eigenvalue weighted by molar-refractivity contribution is 5.78. The number of unbranched alkanes of at least 4 members (excludes halogenated alkanes) is 2. The number of carbonyl (C=O) groups excluding carboxylic acids is 1. The monoisotopic (exact) mass is 333 g/mol. The third-order valence-electron chi connectivity index (χ3n) is 4.64. The Morgan fingerprint density at radius 2 is 1.96 bits per heavy atom. The maximum atomic E-state index is 12.2. The summed E-state index contributed by atoms with van der Waals surface area (Å²) in [5.41, 5.74) is 1.28. The van der Waals surface area contributed by atoms with Gasteiger partial charge in [-0.05, 0) is 49.8 Å². The molecule has 2 rings (SSSR count). The molecule has 1 aromatic rings. The van der Waals surface area contributed by atoms with E-state index in [2.05, 4.69) is 12.1 Å². The fraction of sp³-hybridized carbons (Fsp3) is 0.579. The number of carboxylic acids is 1. The molecule has 24 heavy (non-hydrogen) atoms. The predicted molar refractivity (Wildman–Crippen MR) is 92.1 cm³/mol. The van der Waals surface area contributed by atoms with Gasteiger partial charge in [-0.1, -0.05) is 18.6 Å². The number of methoxy groups -OCH3 is 1. The van der Waals surface area contributed by atoms with Crippen molar-refractivity contribution in [2.45, 2.75) is 44.9 Å². The van der Waals surface area contributed by atoms with Crippen LogP contribution in [0.15, 0.2) is 24.3 Å². The van der Waals surface area contributed by atoms with Gasteiger partial charge in [0, 0.05) is 19.5 Å². The number of rotatable bonds is 8. The van der Waals surface area contributed by atoms with Gasteiger partial charge in [-0.3, -0.25) is 9.59 Å². The summed E-state index contributed by atoms with van der Waals surface area (Å²) in [5, 5.41) is 9.08. The first-order valence-electron chi connectivity index (χ1n) is 8.73. The number of ether oxygens (including phenoxy) is 1. The number of hydrogen-bond donors (Lipinski definition) is 1. The van der Waals surface area contributed by atoms with Crippen LogP contribution in [0.25, 0.3) is 0 Å². The second kappa shape index (κ2) is 9.30. The van der Waals surface area contributed by atoms with Crippen molar-refractivity contribution in [2.24, 2.45) is 5.92 Å². The number of piperidine rings is 1. The second-order valence-electron chi connectivity index (χ2n) is 6.43. The maximum absolute atomic E-state index is 12.2. The van der Waals surface area contributed by atoms with E-state index >= 15 is 0 Å². The Balaban J connectivity index is 1.62. The Morgan fingerprint density at radius 1 is 1.21 bits per heavy atom. The Bertz CT molecular complexity index is 541. The molecule has 1 aliphatic heterocycles. The SMILES string of the molecule is COc1ccc(CCCCCC(=O)N2CCC[C@H](C(=O)O)C2)cc1. The number of carboxylic acid groups (broad SMARTS) is 1. The van der Waals surface area contributed by atoms with Crippen LogP contribution in [0.3, 0.4) is 0 Å². The van der Waals surface area contributed by atoms with Gasteiger partial charge < -0.3 is 14.7 Å². The van der Waals surface area contributed by atoms with Crippen LogP contribution in [-0.4, -0.2) is 42.1 Å². The molecule has 0 spiro atoms. The van der Waals surface area contributed by atoms with E-state index in [-0.39, 0.29) is 5.91 Å². The first kappa shape index (κ1) is 18.3. The smallest absolute Gasteiger partial charge is 0.308 e. The molecule has 1 amide bonds. The van der Waals surface area contributed by atoms with Crippen molar-refractivity contribution in [2.75, 3.05) is 20.2 Å². The highest BCUT2D eigenvalue weighted by Crippen LogP contribution is 2.18. The van der Waals surface area contributed by atoms with E-state index in [9.17, 15) is 9.59 Å². The van der Waals surface area contributed by atoms with Crippen LogP contribution >= 0.6 is 0 Å². The molecule has 0 aromatic heterocycles. The number of nitrogens with zero attached hydrogens (tertiary/aromatic N) is 1. The van der Waals surface area contributed by atoms with Crippen molar-refractivity contribution in [1.29, 1.82) is 0 Å². The fourth-order valence-electron chi connectivity index (χ4n) is 3.14. The van der Waals surface area contributed by atoms with Gasteiger partial charge in [0.15, 0.2) is 0 Å². The first-order chi connectivity index (χ1) is 11.6. The quantitative estimate of drug-likeness (QED) is 0.742. The van der Waals surface area contributed by atoms with Crippen LogP contribution in [0.1, 0.15) is 44.1 Å². The molecule has 1 fully saturated rings. The van der Waals surface area contributed by atoms with Gasteiger partial charge in [0.05, 0.1) is 13.0 Å². The van der Waals surface area contributed by atoms with Crippen molar-refractivity contribution in [3.63, 3.8) is 0 Å². The van der Waals surface area contributed by atoms with Crippen LogP contribution in [-0.2, 0) is 16.0 Å². The largest absolute Gasteiger partial charge is 0.497 e. The van der Waals surface area contributed by atoms with Crippen molar-refractivity contribution in [3.8, 4) is 5.75 Å². The minimum Gasteiger partial charge on any atom is -0.497 e. The van der Waals surface area contributed by atoms with E-state index in [1.165, 1.54) is 5.56 Å². The van der Waals surface area contributed by atoms with Crippen molar-refractivity contribution < 1.29 is 19.4 Å². The number of carbonyl (C=O) groups is 2. The molecule has 0 radical (unpaired) electrons. The summed E-state index contributed by atoms with van der Waals surface area (Å²) in [5.74, 6) is -0.208. The molecule has 0 saturated carbocycles. The van der Waals surface area contributed by atoms with Gasteiger partial charge in [-0.15, -0.1) is 0 Å². The third kappa shape index (κ3) is 5.55. The molecule has 1 N–H and O–H groups in total. The minimum absolute atomic E-state index is 0.102. The van der Waals surface area contributed by atoms with E-state index in [0.29, 0.717) is 25.9 Å².